The molecular weight excluding hydrogens is 536 g/mol. The fourth-order valence-corrected chi connectivity index (χ4v) is 5.96. The number of aromatic nitrogens is 2. The van der Waals surface area contributed by atoms with Gasteiger partial charge in [0.25, 0.3) is 5.56 Å². The topological polar surface area (TPSA) is 80.1 Å². The van der Waals surface area contributed by atoms with Crippen molar-refractivity contribution in [1.82, 2.24) is 19.4 Å². The molecule has 43 heavy (non-hydrogen) atoms. The summed E-state index contributed by atoms with van der Waals surface area (Å²) in [5.74, 6) is -0.187. The van der Waals surface area contributed by atoms with Crippen LogP contribution in [-0.4, -0.2) is 83.5 Å². The van der Waals surface area contributed by atoms with Crippen molar-refractivity contribution >= 4 is 39.3 Å². The molecule has 3 aromatic carbocycles. The van der Waals surface area contributed by atoms with Crippen molar-refractivity contribution in [2.45, 2.75) is 20.4 Å². The summed E-state index contributed by atoms with van der Waals surface area (Å²) in [6.07, 6.45) is 3.80. The predicted octanol–water partition coefficient (Wildman–Crippen LogP) is 5.70. The third-order valence-electron chi connectivity index (χ3n) is 8.76. The molecule has 1 fully saturated rings. The molecular formula is C35H40N6O2. The Bertz CT molecular complexity index is 1810. The second kappa shape index (κ2) is 12.5. The van der Waals surface area contributed by atoms with Crippen molar-refractivity contribution in [2.75, 3.05) is 57.8 Å². The van der Waals surface area contributed by atoms with Crippen LogP contribution in [0.25, 0.3) is 32.8 Å². The van der Waals surface area contributed by atoms with Crippen molar-refractivity contribution < 1.29 is 5.11 Å². The number of H-pyrrole nitrogens is 1. The molecule has 0 aliphatic carbocycles. The number of rotatable bonds is 9. The molecule has 0 saturated carbocycles. The number of likely N-dealkylation sites (N-methyl/N-ethyl adjacent to an activating group) is 2. The minimum absolute atomic E-state index is 0.187. The molecule has 0 bridgehead atoms. The van der Waals surface area contributed by atoms with E-state index in [0.29, 0.717) is 16.3 Å². The lowest BCUT2D eigenvalue weighted by atomic mass is 9.99. The van der Waals surface area contributed by atoms with E-state index in [1.165, 1.54) is 16.6 Å². The Morgan fingerprint density at radius 1 is 0.907 bits per heavy atom. The van der Waals surface area contributed by atoms with Crippen molar-refractivity contribution in [2.24, 2.45) is 4.99 Å². The van der Waals surface area contributed by atoms with E-state index in [-0.39, 0.29) is 11.4 Å². The average Bonchev–Trinajstić information content (AvgIpc) is 3.44. The van der Waals surface area contributed by atoms with Gasteiger partial charge in [-0.1, -0.05) is 26.0 Å². The van der Waals surface area contributed by atoms with Crippen molar-refractivity contribution in [1.29, 1.82) is 0 Å². The first-order chi connectivity index (χ1) is 20.9. The first-order valence-electron chi connectivity index (χ1n) is 15.2. The quantitative estimate of drug-likeness (QED) is 0.220. The molecule has 8 nitrogen and oxygen atoms in total. The van der Waals surface area contributed by atoms with Gasteiger partial charge in [0, 0.05) is 79.0 Å². The normalized spacial score (nSPS) is 14.6. The van der Waals surface area contributed by atoms with Gasteiger partial charge in [-0.3, -0.25) is 14.8 Å². The molecule has 0 unspecified atom stereocenters. The summed E-state index contributed by atoms with van der Waals surface area (Å²) in [6.45, 7) is 12.6. The molecule has 2 N–H and O–H groups in total. The van der Waals surface area contributed by atoms with Gasteiger partial charge >= 0.3 is 0 Å². The zero-order chi connectivity index (χ0) is 29.9. The molecule has 0 radical (unpaired) electrons. The first-order valence-corrected chi connectivity index (χ1v) is 15.2. The lowest BCUT2D eigenvalue weighted by molar-refractivity contribution is 0.292. The maximum absolute atomic E-state index is 12.7. The van der Waals surface area contributed by atoms with Crippen molar-refractivity contribution in [3.63, 3.8) is 0 Å². The van der Waals surface area contributed by atoms with E-state index in [1.807, 2.05) is 30.3 Å². The van der Waals surface area contributed by atoms with Gasteiger partial charge in [0.05, 0.1) is 11.3 Å². The molecule has 0 atom stereocenters. The maximum atomic E-state index is 12.7. The van der Waals surface area contributed by atoms with E-state index < -0.39 is 0 Å². The fraction of sp³-hybridized carbons (Fsp3) is 0.314. The van der Waals surface area contributed by atoms with E-state index >= 15 is 0 Å². The molecule has 1 aliphatic rings. The highest BCUT2D eigenvalue weighted by molar-refractivity contribution is 6.03. The number of piperazine rings is 1. The van der Waals surface area contributed by atoms with E-state index in [1.54, 1.807) is 6.21 Å². The number of benzene rings is 3. The first kappa shape index (κ1) is 28.7. The van der Waals surface area contributed by atoms with Gasteiger partial charge in [0.15, 0.2) is 0 Å². The maximum Gasteiger partial charge on any atom is 0.258 e. The molecule has 222 valence electrons. The summed E-state index contributed by atoms with van der Waals surface area (Å²) in [4.78, 5) is 27.1. The molecule has 1 aliphatic heterocycles. The van der Waals surface area contributed by atoms with Crippen LogP contribution in [0.2, 0.25) is 0 Å². The summed E-state index contributed by atoms with van der Waals surface area (Å²) in [7, 11) is 2.15. The largest absolute Gasteiger partial charge is 0.494 e. The molecule has 8 heteroatoms. The lowest BCUT2D eigenvalue weighted by Gasteiger charge is -2.34. The monoisotopic (exact) mass is 576 g/mol. The highest BCUT2D eigenvalue weighted by Crippen LogP contribution is 2.30. The number of anilines is 1. The van der Waals surface area contributed by atoms with E-state index in [4.69, 9.17) is 0 Å². The standard InChI is InChI=1S/C35H40N6O2/c1-4-39(5-2)18-21-41-15-14-27-22-25(7-13-33(27)41)26-6-12-30-31(23-26)32(35(43)37-34(30)42)24-36-28-8-10-29(11-9-28)40-19-16-38(3)17-20-40/h6-15,22-24H,4-5,16-21H2,1-3H3,(H2,37,42,43). The van der Waals surface area contributed by atoms with Crippen molar-refractivity contribution in [3.8, 4) is 17.0 Å². The third-order valence-corrected chi connectivity index (χ3v) is 8.76. The van der Waals surface area contributed by atoms with E-state index in [0.717, 1.165) is 69.2 Å². The van der Waals surface area contributed by atoms with Gasteiger partial charge in [0.1, 0.15) is 0 Å². The Hall–Kier alpha value is -4.40. The van der Waals surface area contributed by atoms with Gasteiger partial charge in [-0.15, -0.1) is 0 Å². The number of hydrogen-bond donors (Lipinski definition) is 2. The van der Waals surface area contributed by atoms with Crippen LogP contribution in [0.5, 0.6) is 5.88 Å². The van der Waals surface area contributed by atoms with Crippen LogP contribution in [-0.2, 0) is 6.54 Å². The van der Waals surface area contributed by atoms with E-state index in [2.05, 4.69) is 92.7 Å². The third kappa shape index (κ3) is 6.07. The number of aliphatic imine (C=N–C) groups is 1. The number of hydrogen-bond acceptors (Lipinski definition) is 6. The highest BCUT2D eigenvalue weighted by Gasteiger charge is 2.15. The Kier molecular flexibility index (Phi) is 8.31. The number of fused-ring (bicyclic) bond motifs is 2. The SMILES string of the molecule is CCN(CC)CCn1ccc2cc(-c3ccc4c(=O)[nH]c(O)c(C=Nc5ccc(N6CCN(C)CC6)cc5)c4c3)ccc21. The molecule has 2 aromatic heterocycles. The average molecular weight is 577 g/mol. The number of aromatic amines is 1. The second-order valence-corrected chi connectivity index (χ2v) is 11.4. The molecule has 6 rings (SSSR count). The minimum atomic E-state index is -0.325. The number of nitrogens with one attached hydrogen (secondary N) is 1. The number of nitrogens with zero attached hydrogens (tertiary/aromatic N) is 5. The number of aromatic hydroxyl groups is 1. The van der Waals surface area contributed by atoms with Crippen LogP contribution in [0.4, 0.5) is 11.4 Å². The summed E-state index contributed by atoms with van der Waals surface area (Å²) in [6, 6.07) is 22.6. The Balaban J connectivity index is 1.28. The summed E-state index contributed by atoms with van der Waals surface area (Å²) in [5, 5.41) is 13.1. The zero-order valence-electron chi connectivity index (χ0n) is 25.3. The smallest absolute Gasteiger partial charge is 0.258 e. The molecule has 1 saturated heterocycles. The van der Waals surface area contributed by atoms with Crippen LogP contribution in [0.15, 0.2) is 82.7 Å². The molecule has 0 amide bonds. The van der Waals surface area contributed by atoms with Crippen LogP contribution >= 0.6 is 0 Å². The predicted molar refractivity (Wildman–Crippen MR) is 178 cm³/mol. The number of pyridine rings is 1. The Labute approximate surface area is 252 Å². The second-order valence-electron chi connectivity index (χ2n) is 11.4. The van der Waals surface area contributed by atoms with Gasteiger partial charge in [0.2, 0.25) is 5.88 Å². The zero-order valence-corrected chi connectivity index (χ0v) is 25.3. The minimum Gasteiger partial charge on any atom is -0.494 e. The van der Waals surface area contributed by atoms with Gasteiger partial charge in [-0.05, 0) is 85.9 Å². The highest BCUT2D eigenvalue weighted by atomic mass is 16.3. The lowest BCUT2D eigenvalue weighted by Crippen LogP contribution is -2.44. The summed E-state index contributed by atoms with van der Waals surface area (Å²) in [5.41, 5.74) is 5.36. The van der Waals surface area contributed by atoms with Crippen LogP contribution in [0, 0.1) is 0 Å². The molecule has 0 spiro atoms. The van der Waals surface area contributed by atoms with Gasteiger partial charge < -0.3 is 24.4 Å². The van der Waals surface area contributed by atoms with Crippen molar-refractivity contribution in [3.05, 3.63) is 88.8 Å². The van der Waals surface area contributed by atoms with E-state index in [9.17, 15) is 9.90 Å². The molecule has 5 aromatic rings. The fourth-order valence-electron chi connectivity index (χ4n) is 5.96. The summed E-state index contributed by atoms with van der Waals surface area (Å²) < 4.78 is 2.31. The molecule has 3 heterocycles. The van der Waals surface area contributed by atoms with Crippen LogP contribution in [0.3, 0.4) is 0 Å². The van der Waals surface area contributed by atoms with Gasteiger partial charge in [-0.25, -0.2) is 0 Å². The Morgan fingerprint density at radius 3 is 2.37 bits per heavy atom. The Morgan fingerprint density at radius 2 is 1.63 bits per heavy atom. The van der Waals surface area contributed by atoms with Crippen LogP contribution < -0.4 is 10.5 Å². The van der Waals surface area contributed by atoms with Gasteiger partial charge in [-0.2, -0.15) is 0 Å². The summed E-state index contributed by atoms with van der Waals surface area (Å²) >= 11 is 0. The van der Waals surface area contributed by atoms with Crippen LogP contribution in [0.1, 0.15) is 19.4 Å².